The lowest BCUT2D eigenvalue weighted by Gasteiger charge is -2.35. The Morgan fingerprint density at radius 3 is 2.89 bits per heavy atom. The van der Waals surface area contributed by atoms with E-state index in [0.717, 1.165) is 5.75 Å². The quantitative estimate of drug-likeness (QED) is 0.472. The van der Waals surface area contributed by atoms with Crippen LogP contribution in [-0.2, 0) is 9.84 Å². The first-order valence-corrected chi connectivity index (χ1v) is 10.2. The lowest BCUT2D eigenvalue weighted by Crippen LogP contribution is -2.47. The minimum atomic E-state index is -3.16. The van der Waals surface area contributed by atoms with Crippen LogP contribution in [0.2, 0.25) is 5.15 Å². The van der Waals surface area contributed by atoms with Crippen molar-refractivity contribution < 1.29 is 8.42 Å². The summed E-state index contributed by atoms with van der Waals surface area (Å²) in [4.78, 5) is 10.2. The molecule has 1 unspecified atom stereocenters. The average Bonchev–Trinajstić information content (AvgIpc) is 2.37. The van der Waals surface area contributed by atoms with E-state index in [1.54, 1.807) is 22.7 Å². The molecule has 0 bridgehead atoms. The lowest BCUT2D eigenvalue weighted by atomic mass is 10.4. The Morgan fingerprint density at radius 2 is 2.26 bits per heavy atom. The third-order valence-electron chi connectivity index (χ3n) is 2.72. The number of aromatic nitrogens is 2. The van der Waals surface area contributed by atoms with Gasteiger partial charge in [-0.25, -0.2) is 18.4 Å². The van der Waals surface area contributed by atoms with E-state index in [2.05, 4.69) is 9.97 Å². The molecular weight excluding hydrogens is 326 g/mol. The third kappa shape index (κ3) is 3.68. The van der Waals surface area contributed by atoms with E-state index in [1.807, 2.05) is 6.26 Å². The molecular formula is C10H14ClN3O2S3. The zero-order chi connectivity index (χ0) is 14.0. The zero-order valence-corrected chi connectivity index (χ0v) is 13.7. The maximum absolute atomic E-state index is 11.9. The van der Waals surface area contributed by atoms with Crippen molar-refractivity contribution in [3.05, 3.63) is 11.2 Å². The highest BCUT2D eigenvalue weighted by molar-refractivity contribution is 8.01. The predicted molar refractivity (Wildman–Crippen MR) is 82.1 cm³/mol. The Kier molecular flexibility index (Phi) is 4.86. The van der Waals surface area contributed by atoms with Crippen LogP contribution in [0.3, 0.4) is 0 Å². The Hall–Kier alpha value is -0.180. The number of sulfone groups is 1. The summed E-state index contributed by atoms with van der Waals surface area (Å²) in [5.41, 5.74) is 0. The first-order valence-electron chi connectivity index (χ1n) is 5.53. The zero-order valence-electron chi connectivity index (χ0n) is 10.5. The molecule has 1 aromatic heterocycles. The molecule has 1 fully saturated rings. The van der Waals surface area contributed by atoms with Gasteiger partial charge in [-0.2, -0.15) is 11.8 Å². The molecule has 0 aromatic carbocycles. The number of rotatable bonds is 3. The van der Waals surface area contributed by atoms with Crippen LogP contribution < -0.4 is 4.90 Å². The Bertz CT molecular complexity index is 567. The SMILES string of the molecule is CSc1nc(Cl)cc(N2CCSCC2S(C)(=O)=O)n1. The van der Waals surface area contributed by atoms with Crippen molar-refractivity contribution >= 4 is 50.8 Å². The smallest absolute Gasteiger partial charge is 0.190 e. The van der Waals surface area contributed by atoms with Gasteiger partial charge >= 0.3 is 0 Å². The number of hydrogen-bond donors (Lipinski definition) is 0. The second-order valence-electron chi connectivity index (χ2n) is 4.09. The Morgan fingerprint density at radius 1 is 1.53 bits per heavy atom. The fourth-order valence-electron chi connectivity index (χ4n) is 1.82. The molecule has 1 aromatic rings. The average molecular weight is 340 g/mol. The number of halogens is 1. The summed E-state index contributed by atoms with van der Waals surface area (Å²) in [6, 6.07) is 1.62. The Balaban J connectivity index is 2.40. The standard InChI is InChI=1S/C10H14ClN3O2S3/c1-17-10-12-7(11)5-8(13-10)14-3-4-18-6-9(14)19(2,15)16/h5,9H,3-4,6H2,1-2H3. The normalized spacial score (nSPS) is 20.6. The molecule has 0 N–H and O–H groups in total. The van der Waals surface area contributed by atoms with Crippen molar-refractivity contribution in [2.45, 2.75) is 10.5 Å². The van der Waals surface area contributed by atoms with Gasteiger partial charge in [0.15, 0.2) is 15.0 Å². The van der Waals surface area contributed by atoms with Gasteiger partial charge in [-0.1, -0.05) is 23.4 Å². The molecule has 106 valence electrons. The predicted octanol–water partition coefficient (Wildman–Crippen LogP) is 1.78. The molecule has 1 saturated heterocycles. The summed E-state index contributed by atoms with van der Waals surface area (Å²) in [6.45, 7) is 0.642. The molecule has 0 saturated carbocycles. The summed E-state index contributed by atoms with van der Waals surface area (Å²) >= 11 is 8.99. The van der Waals surface area contributed by atoms with E-state index >= 15 is 0 Å². The first-order chi connectivity index (χ1) is 8.91. The van der Waals surface area contributed by atoms with Crippen LogP contribution >= 0.6 is 35.1 Å². The summed E-state index contributed by atoms with van der Waals surface area (Å²) in [6.07, 6.45) is 3.12. The minimum absolute atomic E-state index is 0.333. The number of anilines is 1. The molecule has 1 aliphatic rings. The van der Waals surface area contributed by atoms with E-state index < -0.39 is 15.2 Å². The van der Waals surface area contributed by atoms with Crippen LogP contribution in [0.15, 0.2) is 11.2 Å². The van der Waals surface area contributed by atoms with Crippen molar-refractivity contribution in [3.63, 3.8) is 0 Å². The summed E-state index contributed by atoms with van der Waals surface area (Å²) in [5, 5.41) is 0.333. The molecule has 5 nitrogen and oxygen atoms in total. The number of hydrogen-bond acceptors (Lipinski definition) is 7. The monoisotopic (exact) mass is 339 g/mol. The van der Waals surface area contributed by atoms with E-state index in [4.69, 9.17) is 11.6 Å². The highest BCUT2D eigenvalue weighted by atomic mass is 35.5. The second kappa shape index (κ2) is 6.07. The van der Waals surface area contributed by atoms with Crippen LogP contribution in [0.5, 0.6) is 0 Å². The molecule has 2 rings (SSSR count). The van der Waals surface area contributed by atoms with Gasteiger partial charge in [-0.05, 0) is 6.26 Å². The molecule has 0 amide bonds. The molecule has 1 aliphatic heterocycles. The lowest BCUT2D eigenvalue weighted by molar-refractivity contribution is 0.583. The van der Waals surface area contributed by atoms with E-state index in [9.17, 15) is 8.42 Å². The molecule has 9 heteroatoms. The van der Waals surface area contributed by atoms with Gasteiger partial charge in [0, 0.05) is 30.4 Å². The maximum Gasteiger partial charge on any atom is 0.190 e. The number of nitrogens with zero attached hydrogens (tertiary/aromatic N) is 3. The van der Waals surface area contributed by atoms with E-state index in [0.29, 0.717) is 28.4 Å². The Labute approximate surface area is 126 Å². The molecule has 0 spiro atoms. The van der Waals surface area contributed by atoms with Crippen molar-refractivity contribution in [1.82, 2.24) is 9.97 Å². The molecule has 0 aliphatic carbocycles. The van der Waals surface area contributed by atoms with Gasteiger partial charge < -0.3 is 4.90 Å². The topological polar surface area (TPSA) is 63.2 Å². The largest absolute Gasteiger partial charge is 0.338 e. The van der Waals surface area contributed by atoms with Crippen molar-refractivity contribution in [3.8, 4) is 0 Å². The first kappa shape index (κ1) is 15.2. The van der Waals surface area contributed by atoms with Crippen LogP contribution in [0.1, 0.15) is 0 Å². The highest BCUT2D eigenvalue weighted by Gasteiger charge is 2.32. The van der Waals surface area contributed by atoms with Gasteiger partial charge in [0.1, 0.15) is 16.3 Å². The van der Waals surface area contributed by atoms with Crippen LogP contribution in [0, 0.1) is 0 Å². The summed E-state index contributed by atoms with van der Waals surface area (Å²) < 4.78 is 23.7. The molecule has 2 heterocycles. The van der Waals surface area contributed by atoms with Crippen LogP contribution in [0.4, 0.5) is 5.82 Å². The van der Waals surface area contributed by atoms with E-state index in [-0.39, 0.29) is 0 Å². The van der Waals surface area contributed by atoms with Gasteiger partial charge in [-0.15, -0.1) is 0 Å². The molecule has 0 radical (unpaired) electrons. The van der Waals surface area contributed by atoms with Gasteiger partial charge in [-0.3, -0.25) is 0 Å². The van der Waals surface area contributed by atoms with Crippen molar-refractivity contribution in [2.24, 2.45) is 0 Å². The second-order valence-corrected chi connectivity index (χ2v) is 8.60. The van der Waals surface area contributed by atoms with Gasteiger partial charge in [0.05, 0.1) is 0 Å². The van der Waals surface area contributed by atoms with Gasteiger partial charge in [0.2, 0.25) is 0 Å². The summed E-state index contributed by atoms with van der Waals surface area (Å²) in [7, 11) is -3.16. The van der Waals surface area contributed by atoms with Crippen LogP contribution in [-0.4, -0.2) is 54.3 Å². The maximum atomic E-state index is 11.9. The summed E-state index contributed by atoms with van der Waals surface area (Å²) in [5.74, 6) is 2.01. The molecule has 19 heavy (non-hydrogen) atoms. The van der Waals surface area contributed by atoms with Crippen molar-refractivity contribution in [2.75, 3.05) is 35.5 Å². The van der Waals surface area contributed by atoms with Gasteiger partial charge in [0.25, 0.3) is 0 Å². The molecule has 1 atom stereocenters. The third-order valence-corrected chi connectivity index (χ3v) is 6.10. The fraction of sp³-hybridized carbons (Fsp3) is 0.600. The fourth-order valence-corrected chi connectivity index (χ4v) is 5.25. The van der Waals surface area contributed by atoms with E-state index in [1.165, 1.54) is 18.0 Å². The van der Waals surface area contributed by atoms with Crippen LogP contribution in [0.25, 0.3) is 0 Å². The highest BCUT2D eigenvalue weighted by Crippen LogP contribution is 2.28. The van der Waals surface area contributed by atoms with Crippen molar-refractivity contribution in [1.29, 1.82) is 0 Å². The number of thioether (sulfide) groups is 2. The minimum Gasteiger partial charge on any atom is -0.338 e.